The van der Waals surface area contributed by atoms with E-state index in [0.29, 0.717) is 41.2 Å². The van der Waals surface area contributed by atoms with Crippen molar-refractivity contribution in [3.8, 4) is 23.1 Å². The molecule has 3 aromatic rings. The van der Waals surface area contributed by atoms with Crippen molar-refractivity contribution >= 4 is 0 Å². The Morgan fingerprint density at radius 3 is 2.59 bits per heavy atom. The van der Waals surface area contributed by atoms with Crippen molar-refractivity contribution in [3.63, 3.8) is 0 Å². The molecule has 0 unspecified atom stereocenters. The van der Waals surface area contributed by atoms with Gasteiger partial charge in [0.05, 0.1) is 31.0 Å². The maximum atomic E-state index is 13.0. The molecule has 0 fully saturated rings. The third-order valence-electron chi connectivity index (χ3n) is 4.92. The predicted octanol–water partition coefficient (Wildman–Crippen LogP) is 3.51. The molecule has 0 aliphatic heterocycles. The molecule has 2 heterocycles. The number of nitrogens with zero attached hydrogens (tertiary/aromatic N) is 4. The minimum atomic E-state index is -0.0279. The average Bonchev–Trinajstić information content (AvgIpc) is 3.22. The molecule has 0 saturated heterocycles. The normalized spacial score (nSPS) is 10.7. The van der Waals surface area contributed by atoms with E-state index < -0.39 is 0 Å². The second-order valence-corrected chi connectivity index (χ2v) is 6.61. The molecule has 0 spiro atoms. The second-order valence-electron chi connectivity index (χ2n) is 6.61. The fourth-order valence-corrected chi connectivity index (χ4v) is 3.39. The average molecular weight is 392 g/mol. The Balaban J connectivity index is 2.02. The summed E-state index contributed by atoms with van der Waals surface area (Å²) in [6.45, 7) is 6.22. The maximum Gasteiger partial charge on any atom is 0.257 e. The number of nitriles is 1. The molecule has 29 heavy (non-hydrogen) atoms. The van der Waals surface area contributed by atoms with Gasteiger partial charge in [0, 0.05) is 23.6 Å². The molecule has 3 rings (SSSR count). The Morgan fingerprint density at radius 2 is 1.97 bits per heavy atom. The van der Waals surface area contributed by atoms with Crippen LogP contribution >= 0.6 is 0 Å². The van der Waals surface area contributed by atoms with Crippen LogP contribution < -0.4 is 10.3 Å². The van der Waals surface area contributed by atoms with Gasteiger partial charge in [-0.15, -0.1) is 0 Å². The standard InChI is InChI=1S/C22H24N4O3/c1-5-17-19(6-2)24-21(7-3)26(22(17)27)13-15-10-20(29-25-15)18-11-16(28-4)9-8-14(18)12-23/h8-11H,5-7,13H2,1-4H3. The van der Waals surface area contributed by atoms with E-state index in [-0.39, 0.29) is 12.1 Å². The summed E-state index contributed by atoms with van der Waals surface area (Å²) < 4.78 is 12.4. The van der Waals surface area contributed by atoms with Gasteiger partial charge in [-0.2, -0.15) is 5.26 Å². The predicted molar refractivity (Wildman–Crippen MR) is 109 cm³/mol. The second kappa shape index (κ2) is 8.74. The highest BCUT2D eigenvalue weighted by atomic mass is 16.5. The number of benzene rings is 1. The number of ether oxygens (including phenoxy) is 1. The molecule has 0 radical (unpaired) electrons. The monoisotopic (exact) mass is 392 g/mol. The van der Waals surface area contributed by atoms with E-state index in [1.165, 1.54) is 0 Å². The Hall–Kier alpha value is -3.40. The minimum absolute atomic E-state index is 0.0279. The Labute approximate surface area is 169 Å². The SMILES string of the molecule is CCc1nc(CC)n(Cc2cc(-c3cc(OC)ccc3C#N)on2)c(=O)c1CC. The van der Waals surface area contributed by atoms with Crippen LogP contribution in [-0.4, -0.2) is 21.8 Å². The molecule has 0 N–H and O–H groups in total. The van der Waals surface area contributed by atoms with E-state index in [9.17, 15) is 10.1 Å². The number of rotatable bonds is 7. The summed E-state index contributed by atoms with van der Waals surface area (Å²) in [7, 11) is 1.56. The first-order valence-electron chi connectivity index (χ1n) is 9.71. The molecule has 0 aliphatic rings. The third kappa shape index (κ3) is 3.92. The third-order valence-corrected chi connectivity index (χ3v) is 4.92. The van der Waals surface area contributed by atoms with Crippen LogP contribution in [0.1, 0.15) is 49.1 Å². The summed E-state index contributed by atoms with van der Waals surface area (Å²) in [5.74, 6) is 1.80. The van der Waals surface area contributed by atoms with Crippen molar-refractivity contribution in [2.45, 2.75) is 46.6 Å². The van der Waals surface area contributed by atoms with E-state index >= 15 is 0 Å². The maximum absolute atomic E-state index is 13.0. The van der Waals surface area contributed by atoms with Crippen LogP contribution in [0.4, 0.5) is 0 Å². The van der Waals surface area contributed by atoms with Gasteiger partial charge in [-0.1, -0.05) is 25.9 Å². The smallest absolute Gasteiger partial charge is 0.257 e. The van der Waals surface area contributed by atoms with Gasteiger partial charge in [0.25, 0.3) is 5.56 Å². The molecule has 2 aromatic heterocycles. The van der Waals surface area contributed by atoms with Crippen LogP contribution in [0.25, 0.3) is 11.3 Å². The van der Waals surface area contributed by atoms with Crippen LogP contribution in [0.5, 0.6) is 5.75 Å². The van der Waals surface area contributed by atoms with E-state index in [1.807, 2.05) is 20.8 Å². The molecule has 7 heteroatoms. The Morgan fingerprint density at radius 1 is 1.17 bits per heavy atom. The first kappa shape index (κ1) is 20.3. The van der Waals surface area contributed by atoms with Gasteiger partial charge in [0.15, 0.2) is 5.76 Å². The molecule has 7 nitrogen and oxygen atoms in total. The topological polar surface area (TPSA) is 93.9 Å². The van der Waals surface area contributed by atoms with Crippen LogP contribution in [-0.2, 0) is 25.8 Å². The lowest BCUT2D eigenvalue weighted by atomic mass is 10.1. The van der Waals surface area contributed by atoms with Gasteiger partial charge in [0.1, 0.15) is 17.3 Å². The van der Waals surface area contributed by atoms with E-state index in [4.69, 9.17) is 14.2 Å². The Bertz CT molecular complexity index is 1120. The van der Waals surface area contributed by atoms with E-state index in [1.54, 1.807) is 35.9 Å². The molecular formula is C22H24N4O3. The molecule has 0 bridgehead atoms. The molecule has 1 aromatic carbocycles. The van der Waals surface area contributed by atoms with Gasteiger partial charge in [-0.25, -0.2) is 4.98 Å². The molecular weight excluding hydrogens is 368 g/mol. The molecule has 0 aliphatic carbocycles. The van der Waals surface area contributed by atoms with Gasteiger partial charge in [-0.3, -0.25) is 9.36 Å². The van der Waals surface area contributed by atoms with Crippen LogP contribution in [0.3, 0.4) is 0 Å². The van der Waals surface area contributed by atoms with Crippen molar-refractivity contribution in [2.24, 2.45) is 0 Å². The number of aryl methyl sites for hydroxylation is 2. The summed E-state index contributed by atoms with van der Waals surface area (Å²) in [6, 6.07) is 9.04. The first-order chi connectivity index (χ1) is 14.1. The van der Waals surface area contributed by atoms with Gasteiger partial charge < -0.3 is 9.26 Å². The summed E-state index contributed by atoms with van der Waals surface area (Å²) in [5, 5.41) is 13.5. The summed E-state index contributed by atoms with van der Waals surface area (Å²) in [5.41, 5.74) is 3.23. The minimum Gasteiger partial charge on any atom is -0.497 e. The summed E-state index contributed by atoms with van der Waals surface area (Å²) >= 11 is 0. The number of methoxy groups -OCH3 is 1. The zero-order chi connectivity index (χ0) is 21.0. The van der Waals surface area contributed by atoms with Gasteiger partial charge >= 0.3 is 0 Å². The molecule has 150 valence electrons. The largest absolute Gasteiger partial charge is 0.497 e. The lowest BCUT2D eigenvalue weighted by Crippen LogP contribution is -2.30. The van der Waals surface area contributed by atoms with Crippen LogP contribution in [0.2, 0.25) is 0 Å². The zero-order valence-electron chi connectivity index (χ0n) is 17.2. The quantitative estimate of drug-likeness (QED) is 0.611. The van der Waals surface area contributed by atoms with Crippen molar-refractivity contribution in [1.29, 1.82) is 5.26 Å². The number of aromatic nitrogens is 3. The first-order valence-corrected chi connectivity index (χ1v) is 9.71. The van der Waals surface area contributed by atoms with Crippen molar-refractivity contribution in [1.82, 2.24) is 14.7 Å². The van der Waals surface area contributed by atoms with Crippen molar-refractivity contribution in [3.05, 3.63) is 63.0 Å². The van der Waals surface area contributed by atoms with Gasteiger partial charge in [0.2, 0.25) is 0 Å². The fourth-order valence-electron chi connectivity index (χ4n) is 3.39. The highest BCUT2D eigenvalue weighted by Crippen LogP contribution is 2.28. The summed E-state index contributed by atoms with van der Waals surface area (Å²) in [6.07, 6.45) is 2.01. The zero-order valence-corrected chi connectivity index (χ0v) is 17.2. The lowest BCUT2D eigenvalue weighted by molar-refractivity contribution is 0.411. The number of hydrogen-bond donors (Lipinski definition) is 0. The highest BCUT2D eigenvalue weighted by Gasteiger charge is 2.17. The van der Waals surface area contributed by atoms with Crippen LogP contribution in [0, 0.1) is 11.3 Å². The number of hydrogen-bond acceptors (Lipinski definition) is 6. The molecule has 0 atom stereocenters. The fraction of sp³-hybridized carbons (Fsp3) is 0.364. The lowest BCUT2D eigenvalue weighted by Gasteiger charge is -2.14. The summed E-state index contributed by atoms with van der Waals surface area (Å²) in [4.78, 5) is 17.7. The Kier molecular flexibility index (Phi) is 6.13. The van der Waals surface area contributed by atoms with E-state index in [2.05, 4.69) is 11.2 Å². The van der Waals surface area contributed by atoms with E-state index in [0.717, 1.165) is 23.5 Å². The molecule has 0 amide bonds. The van der Waals surface area contributed by atoms with Crippen LogP contribution in [0.15, 0.2) is 33.6 Å². The van der Waals surface area contributed by atoms with Gasteiger partial charge in [-0.05, 0) is 31.0 Å². The van der Waals surface area contributed by atoms with Crippen molar-refractivity contribution < 1.29 is 9.26 Å². The molecule has 0 saturated carbocycles. The van der Waals surface area contributed by atoms with Crippen molar-refractivity contribution in [2.75, 3.05) is 7.11 Å². The highest BCUT2D eigenvalue weighted by molar-refractivity contribution is 5.68.